The fraction of sp³-hybridized carbons (Fsp3) is 0.353. The van der Waals surface area contributed by atoms with E-state index in [0.29, 0.717) is 6.61 Å². The molecule has 0 aliphatic rings. The number of halogens is 1. The van der Waals surface area contributed by atoms with Gasteiger partial charge >= 0.3 is 0 Å². The Morgan fingerprint density at radius 2 is 2.10 bits per heavy atom. The fourth-order valence-corrected chi connectivity index (χ4v) is 2.63. The minimum atomic E-state index is 0.151. The van der Waals surface area contributed by atoms with E-state index >= 15 is 0 Å². The topological polar surface area (TPSA) is 48.1 Å². The minimum Gasteiger partial charge on any atom is -0.486 e. The van der Waals surface area contributed by atoms with Crippen molar-refractivity contribution in [2.24, 2.45) is 5.73 Å². The highest BCUT2D eigenvalue weighted by atomic mass is 79.9. The van der Waals surface area contributed by atoms with Crippen LogP contribution in [-0.4, -0.2) is 11.0 Å². The standard InChI is InChI=1S/C17H21BrN2O/c1-3-14(19)10-13-7-4-8-15(18)17(13)21-11-16-12(2)6-5-9-20-16/h4-9,14H,3,10-11,19H2,1-2H3. The normalized spacial score (nSPS) is 12.2. The third-order valence-electron chi connectivity index (χ3n) is 3.53. The SMILES string of the molecule is CCC(N)Cc1cccc(Br)c1OCc1ncccc1C. The van der Waals surface area contributed by atoms with Gasteiger partial charge in [0.2, 0.25) is 0 Å². The molecule has 1 aromatic heterocycles. The summed E-state index contributed by atoms with van der Waals surface area (Å²) in [5.74, 6) is 0.867. The number of hydrogen-bond donors (Lipinski definition) is 1. The van der Waals surface area contributed by atoms with Crippen molar-refractivity contribution in [1.29, 1.82) is 0 Å². The molecule has 1 unspecified atom stereocenters. The van der Waals surface area contributed by atoms with Crippen molar-refractivity contribution < 1.29 is 4.74 Å². The molecule has 0 bridgehead atoms. The highest BCUT2D eigenvalue weighted by molar-refractivity contribution is 9.10. The summed E-state index contributed by atoms with van der Waals surface area (Å²) >= 11 is 3.56. The zero-order valence-electron chi connectivity index (χ0n) is 12.5. The summed E-state index contributed by atoms with van der Waals surface area (Å²) < 4.78 is 6.97. The fourth-order valence-electron chi connectivity index (χ4n) is 2.11. The number of nitrogens with zero attached hydrogens (tertiary/aromatic N) is 1. The molecule has 0 saturated carbocycles. The summed E-state index contributed by atoms with van der Waals surface area (Å²) in [5.41, 5.74) is 9.30. The third kappa shape index (κ3) is 4.29. The lowest BCUT2D eigenvalue weighted by atomic mass is 10.0. The Labute approximate surface area is 134 Å². The molecular formula is C17H21BrN2O. The first kappa shape index (κ1) is 16.0. The third-order valence-corrected chi connectivity index (χ3v) is 4.15. The van der Waals surface area contributed by atoms with Gasteiger partial charge in [-0.15, -0.1) is 0 Å². The summed E-state index contributed by atoms with van der Waals surface area (Å²) in [6.07, 6.45) is 3.55. The Kier molecular flexibility index (Phi) is 5.76. The van der Waals surface area contributed by atoms with Crippen LogP contribution in [0.1, 0.15) is 30.2 Å². The second kappa shape index (κ2) is 7.57. The van der Waals surface area contributed by atoms with Gasteiger partial charge in [-0.25, -0.2) is 0 Å². The number of rotatable bonds is 6. The van der Waals surface area contributed by atoms with Crippen LogP contribution in [0.3, 0.4) is 0 Å². The van der Waals surface area contributed by atoms with Crippen LogP contribution in [0.5, 0.6) is 5.75 Å². The summed E-state index contributed by atoms with van der Waals surface area (Å²) in [4.78, 5) is 4.36. The van der Waals surface area contributed by atoms with Gasteiger partial charge in [-0.1, -0.05) is 25.1 Å². The second-order valence-corrected chi connectivity index (χ2v) is 6.01. The Morgan fingerprint density at radius 3 is 2.81 bits per heavy atom. The van der Waals surface area contributed by atoms with Crippen molar-refractivity contribution >= 4 is 15.9 Å². The van der Waals surface area contributed by atoms with E-state index in [2.05, 4.69) is 33.9 Å². The van der Waals surface area contributed by atoms with E-state index in [-0.39, 0.29) is 6.04 Å². The number of aryl methyl sites for hydroxylation is 1. The predicted octanol–water partition coefficient (Wildman–Crippen LogP) is 4.01. The first-order valence-corrected chi connectivity index (χ1v) is 7.97. The Balaban J connectivity index is 2.17. The quantitative estimate of drug-likeness (QED) is 0.857. The highest BCUT2D eigenvalue weighted by Crippen LogP contribution is 2.30. The van der Waals surface area contributed by atoms with Gasteiger partial charge in [0.05, 0.1) is 10.2 Å². The van der Waals surface area contributed by atoms with E-state index in [9.17, 15) is 0 Å². The zero-order valence-corrected chi connectivity index (χ0v) is 14.1. The molecule has 0 fully saturated rings. The lowest BCUT2D eigenvalue weighted by Crippen LogP contribution is -2.21. The van der Waals surface area contributed by atoms with Crippen LogP contribution in [-0.2, 0) is 13.0 Å². The predicted molar refractivity (Wildman–Crippen MR) is 89.4 cm³/mol. The number of nitrogens with two attached hydrogens (primary N) is 1. The Bertz CT molecular complexity index is 601. The smallest absolute Gasteiger partial charge is 0.137 e. The molecular weight excluding hydrogens is 328 g/mol. The van der Waals surface area contributed by atoms with E-state index in [1.165, 1.54) is 0 Å². The molecule has 0 saturated heterocycles. The molecule has 1 heterocycles. The summed E-state index contributed by atoms with van der Waals surface area (Å²) in [6.45, 7) is 4.60. The summed E-state index contributed by atoms with van der Waals surface area (Å²) in [6, 6.07) is 10.2. The van der Waals surface area contributed by atoms with Crippen LogP contribution in [0.25, 0.3) is 0 Å². The molecule has 2 N–H and O–H groups in total. The van der Waals surface area contributed by atoms with Crippen molar-refractivity contribution in [3.8, 4) is 5.75 Å². The maximum Gasteiger partial charge on any atom is 0.137 e. The molecule has 2 rings (SSSR count). The number of pyridine rings is 1. The van der Waals surface area contributed by atoms with E-state index in [1.807, 2.05) is 31.2 Å². The van der Waals surface area contributed by atoms with Crippen LogP contribution >= 0.6 is 15.9 Å². The number of benzene rings is 1. The number of ether oxygens (including phenoxy) is 1. The maximum absolute atomic E-state index is 6.07. The number of aromatic nitrogens is 1. The molecule has 1 atom stereocenters. The Hall–Kier alpha value is -1.39. The molecule has 0 amide bonds. The van der Waals surface area contributed by atoms with Gasteiger partial charge in [0.25, 0.3) is 0 Å². The van der Waals surface area contributed by atoms with Gasteiger partial charge in [-0.2, -0.15) is 0 Å². The number of para-hydroxylation sites is 1. The van der Waals surface area contributed by atoms with Gasteiger partial charge in [0.1, 0.15) is 12.4 Å². The van der Waals surface area contributed by atoms with Gasteiger partial charge in [0.15, 0.2) is 0 Å². The first-order valence-electron chi connectivity index (χ1n) is 7.18. The summed E-state index contributed by atoms with van der Waals surface area (Å²) in [7, 11) is 0. The van der Waals surface area contributed by atoms with Crippen molar-refractivity contribution in [3.63, 3.8) is 0 Å². The van der Waals surface area contributed by atoms with Crippen LogP contribution in [0.15, 0.2) is 41.0 Å². The van der Waals surface area contributed by atoms with Crippen LogP contribution in [0.4, 0.5) is 0 Å². The van der Waals surface area contributed by atoms with E-state index in [0.717, 1.165) is 39.9 Å². The molecule has 0 aliphatic carbocycles. The largest absolute Gasteiger partial charge is 0.486 e. The van der Waals surface area contributed by atoms with Gasteiger partial charge in [-0.05, 0) is 59.0 Å². The molecule has 0 radical (unpaired) electrons. The van der Waals surface area contributed by atoms with Gasteiger partial charge in [0, 0.05) is 12.2 Å². The van der Waals surface area contributed by atoms with Crippen LogP contribution in [0, 0.1) is 6.92 Å². The Morgan fingerprint density at radius 1 is 1.29 bits per heavy atom. The lowest BCUT2D eigenvalue weighted by molar-refractivity contribution is 0.294. The van der Waals surface area contributed by atoms with Gasteiger partial charge < -0.3 is 10.5 Å². The van der Waals surface area contributed by atoms with E-state index in [1.54, 1.807) is 6.20 Å². The van der Waals surface area contributed by atoms with Crippen molar-refractivity contribution in [2.75, 3.05) is 0 Å². The second-order valence-electron chi connectivity index (χ2n) is 5.16. The van der Waals surface area contributed by atoms with Crippen molar-refractivity contribution in [1.82, 2.24) is 4.98 Å². The average Bonchev–Trinajstić information content (AvgIpc) is 2.48. The van der Waals surface area contributed by atoms with E-state index < -0.39 is 0 Å². The molecule has 112 valence electrons. The molecule has 0 spiro atoms. The molecule has 21 heavy (non-hydrogen) atoms. The maximum atomic E-state index is 6.07. The molecule has 4 heteroatoms. The number of hydrogen-bond acceptors (Lipinski definition) is 3. The zero-order chi connectivity index (χ0) is 15.2. The molecule has 3 nitrogen and oxygen atoms in total. The van der Waals surface area contributed by atoms with Crippen molar-refractivity contribution in [2.45, 2.75) is 39.3 Å². The highest BCUT2D eigenvalue weighted by Gasteiger charge is 2.12. The molecule has 0 aliphatic heterocycles. The van der Waals surface area contributed by atoms with Crippen LogP contribution in [0.2, 0.25) is 0 Å². The first-order chi connectivity index (χ1) is 10.1. The van der Waals surface area contributed by atoms with E-state index in [4.69, 9.17) is 10.5 Å². The van der Waals surface area contributed by atoms with Crippen LogP contribution < -0.4 is 10.5 Å². The van der Waals surface area contributed by atoms with Gasteiger partial charge in [-0.3, -0.25) is 4.98 Å². The monoisotopic (exact) mass is 348 g/mol. The molecule has 1 aromatic carbocycles. The average molecular weight is 349 g/mol. The molecule has 2 aromatic rings. The van der Waals surface area contributed by atoms with Crippen molar-refractivity contribution in [3.05, 3.63) is 57.8 Å². The minimum absolute atomic E-state index is 0.151. The summed E-state index contributed by atoms with van der Waals surface area (Å²) in [5, 5.41) is 0. The lowest BCUT2D eigenvalue weighted by Gasteiger charge is -2.16.